The molecular weight excluding hydrogens is 250 g/mol. The lowest BCUT2D eigenvalue weighted by atomic mass is 10.1. The number of anilines is 1. The van der Waals surface area contributed by atoms with Crippen molar-refractivity contribution in [2.75, 3.05) is 12.4 Å². The molecule has 1 aliphatic rings. The quantitative estimate of drug-likeness (QED) is 0.890. The van der Waals surface area contributed by atoms with Gasteiger partial charge in [-0.2, -0.15) is 5.10 Å². The van der Waals surface area contributed by atoms with Gasteiger partial charge in [-0.3, -0.25) is 5.10 Å². The van der Waals surface area contributed by atoms with Crippen molar-refractivity contribution in [1.29, 1.82) is 0 Å². The normalized spacial score (nSPS) is 14.6. The van der Waals surface area contributed by atoms with Gasteiger partial charge in [0, 0.05) is 17.7 Å². The van der Waals surface area contributed by atoms with Gasteiger partial charge in [0.2, 0.25) is 0 Å². The van der Waals surface area contributed by atoms with Crippen LogP contribution in [0.15, 0.2) is 24.3 Å². The van der Waals surface area contributed by atoms with E-state index in [2.05, 4.69) is 15.5 Å². The number of H-pyrrole nitrogens is 1. The number of aromatic nitrogens is 2. The molecule has 1 aromatic heterocycles. The lowest BCUT2D eigenvalue weighted by molar-refractivity contribution is 0.415. The highest BCUT2D eigenvalue weighted by Crippen LogP contribution is 2.32. The summed E-state index contributed by atoms with van der Waals surface area (Å²) in [4.78, 5) is 0. The Kier molecular flexibility index (Phi) is 2.88. The van der Waals surface area contributed by atoms with Crippen LogP contribution >= 0.6 is 11.6 Å². The van der Waals surface area contributed by atoms with Crippen molar-refractivity contribution in [3.8, 4) is 17.0 Å². The summed E-state index contributed by atoms with van der Waals surface area (Å²) >= 11 is 6.22. The first-order chi connectivity index (χ1) is 8.76. The molecule has 1 aliphatic carbocycles. The average molecular weight is 264 g/mol. The molecule has 3 rings (SSSR count). The monoisotopic (exact) mass is 263 g/mol. The van der Waals surface area contributed by atoms with Crippen LogP contribution in [0.5, 0.6) is 5.75 Å². The summed E-state index contributed by atoms with van der Waals surface area (Å²) in [6.45, 7) is 0. The Bertz CT molecular complexity index is 563. The molecule has 4 nitrogen and oxygen atoms in total. The standard InChI is InChI=1S/C13H14ClN3O/c1-18-9-4-5-10(11(14)6-9)12-7-13(17-16-12)15-8-2-3-8/h4-8H,2-3H2,1H3,(H2,15,16,17). The molecule has 2 N–H and O–H groups in total. The molecule has 0 atom stereocenters. The van der Waals surface area contributed by atoms with Gasteiger partial charge in [-0.15, -0.1) is 0 Å². The summed E-state index contributed by atoms with van der Waals surface area (Å²) in [6.07, 6.45) is 2.46. The summed E-state index contributed by atoms with van der Waals surface area (Å²) in [5.41, 5.74) is 1.83. The molecule has 18 heavy (non-hydrogen) atoms. The van der Waals surface area contributed by atoms with Gasteiger partial charge in [0.05, 0.1) is 17.8 Å². The smallest absolute Gasteiger partial charge is 0.148 e. The molecule has 0 radical (unpaired) electrons. The van der Waals surface area contributed by atoms with Crippen LogP contribution in [0.2, 0.25) is 5.02 Å². The van der Waals surface area contributed by atoms with E-state index in [1.54, 1.807) is 13.2 Å². The van der Waals surface area contributed by atoms with E-state index >= 15 is 0 Å². The Morgan fingerprint density at radius 1 is 1.39 bits per heavy atom. The maximum atomic E-state index is 6.22. The molecular formula is C13H14ClN3O. The van der Waals surface area contributed by atoms with Crippen molar-refractivity contribution >= 4 is 17.4 Å². The van der Waals surface area contributed by atoms with E-state index in [0.717, 1.165) is 22.8 Å². The minimum absolute atomic E-state index is 0.590. The number of benzene rings is 1. The number of ether oxygens (including phenoxy) is 1. The van der Waals surface area contributed by atoms with Crippen molar-refractivity contribution in [2.24, 2.45) is 0 Å². The van der Waals surface area contributed by atoms with E-state index in [0.29, 0.717) is 11.1 Å². The number of rotatable bonds is 4. The Balaban J connectivity index is 1.86. The third-order valence-electron chi connectivity index (χ3n) is 2.97. The third-order valence-corrected chi connectivity index (χ3v) is 3.29. The van der Waals surface area contributed by atoms with Crippen molar-refractivity contribution in [3.05, 3.63) is 29.3 Å². The summed E-state index contributed by atoms with van der Waals surface area (Å²) in [5, 5.41) is 11.2. The van der Waals surface area contributed by atoms with Crippen LogP contribution in [0, 0.1) is 0 Å². The Labute approximate surface area is 110 Å². The molecule has 0 amide bonds. The van der Waals surface area contributed by atoms with Gasteiger partial charge in [-0.1, -0.05) is 11.6 Å². The van der Waals surface area contributed by atoms with E-state index in [-0.39, 0.29) is 0 Å². The first kappa shape index (κ1) is 11.4. The fourth-order valence-electron chi connectivity index (χ4n) is 1.81. The fraction of sp³-hybridized carbons (Fsp3) is 0.308. The zero-order chi connectivity index (χ0) is 12.5. The van der Waals surface area contributed by atoms with E-state index in [9.17, 15) is 0 Å². The van der Waals surface area contributed by atoms with Gasteiger partial charge >= 0.3 is 0 Å². The average Bonchev–Trinajstić information content (AvgIpc) is 3.06. The number of halogens is 1. The molecule has 2 aromatic rings. The predicted molar refractivity (Wildman–Crippen MR) is 72.2 cm³/mol. The zero-order valence-electron chi connectivity index (χ0n) is 10.0. The largest absolute Gasteiger partial charge is 0.497 e. The van der Waals surface area contributed by atoms with E-state index in [1.807, 2.05) is 18.2 Å². The molecule has 0 bridgehead atoms. The molecule has 1 saturated carbocycles. The molecule has 0 unspecified atom stereocenters. The zero-order valence-corrected chi connectivity index (χ0v) is 10.8. The molecule has 0 aliphatic heterocycles. The summed E-state index contributed by atoms with van der Waals surface area (Å²) < 4.78 is 5.13. The van der Waals surface area contributed by atoms with Crippen LogP contribution in [0.4, 0.5) is 5.82 Å². The molecule has 5 heteroatoms. The van der Waals surface area contributed by atoms with Crippen molar-refractivity contribution in [3.63, 3.8) is 0 Å². The Hall–Kier alpha value is -1.68. The second-order valence-electron chi connectivity index (χ2n) is 4.43. The second-order valence-corrected chi connectivity index (χ2v) is 4.84. The number of hydrogen-bond donors (Lipinski definition) is 2. The lowest BCUT2D eigenvalue weighted by Crippen LogP contribution is -2.00. The molecule has 1 fully saturated rings. The van der Waals surface area contributed by atoms with Crippen LogP contribution in [0.1, 0.15) is 12.8 Å². The molecule has 0 spiro atoms. The minimum Gasteiger partial charge on any atom is -0.497 e. The predicted octanol–water partition coefficient (Wildman–Crippen LogP) is 3.31. The molecule has 0 saturated heterocycles. The van der Waals surface area contributed by atoms with Gasteiger partial charge in [0.15, 0.2) is 0 Å². The minimum atomic E-state index is 0.590. The SMILES string of the molecule is COc1ccc(-c2cc(NC3CC3)n[nH]2)c(Cl)c1. The van der Waals surface area contributed by atoms with Crippen molar-refractivity contribution in [1.82, 2.24) is 10.2 Å². The number of methoxy groups -OCH3 is 1. The number of nitrogens with zero attached hydrogens (tertiary/aromatic N) is 1. The lowest BCUT2D eigenvalue weighted by Gasteiger charge is -2.04. The van der Waals surface area contributed by atoms with Crippen LogP contribution in [-0.4, -0.2) is 23.3 Å². The van der Waals surface area contributed by atoms with Gasteiger partial charge < -0.3 is 10.1 Å². The van der Waals surface area contributed by atoms with Crippen molar-refractivity contribution in [2.45, 2.75) is 18.9 Å². The first-order valence-electron chi connectivity index (χ1n) is 5.92. The van der Waals surface area contributed by atoms with E-state index in [4.69, 9.17) is 16.3 Å². The number of nitrogens with one attached hydrogen (secondary N) is 2. The molecule has 94 valence electrons. The Morgan fingerprint density at radius 3 is 2.89 bits per heavy atom. The summed E-state index contributed by atoms with van der Waals surface area (Å²) in [5.74, 6) is 1.62. The van der Waals surface area contributed by atoms with Gasteiger partial charge in [0.25, 0.3) is 0 Å². The topological polar surface area (TPSA) is 49.9 Å². The van der Waals surface area contributed by atoms with Crippen LogP contribution in [-0.2, 0) is 0 Å². The Morgan fingerprint density at radius 2 is 2.22 bits per heavy atom. The van der Waals surface area contributed by atoms with Gasteiger partial charge in [0.1, 0.15) is 11.6 Å². The highest BCUT2D eigenvalue weighted by Gasteiger charge is 2.22. The maximum Gasteiger partial charge on any atom is 0.148 e. The van der Waals surface area contributed by atoms with Crippen LogP contribution in [0.25, 0.3) is 11.3 Å². The number of hydrogen-bond acceptors (Lipinski definition) is 3. The highest BCUT2D eigenvalue weighted by molar-refractivity contribution is 6.33. The van der Waals surface area contributed by atoms with E-state index in [1.165, 1.54) is 12.8 Å². The van der Waals surface area contributed by atoms with E-state index < -0.39 is 0 Å². The summed E-state index contributed by atoms with van der Waals surface area (Å²) in [6, 6.07) is 8.18. The third kappa shape index (κ3) is 2.29. The van der Waals surface area contributed by atoms with Gasteiger partial charge in [-0.05, 0) is 31.0 Å². The van der Waals surface area contributed by atoms with Crippen LogP contribution in [0.3, 0.4) is 0 Å². The molecule has 1 aromatic carbocycles. The second kappa shape index (κ2) is 4.53. The number of aromatic amines is 1. The highest BCUT2D eigenvalue weighted by atomic mass is 35.5. The van der Waals surface area contributed by atoms with Crippen molar-refractivity contribution < 1.29 is 4.74 Å². The fourth-order valence-corrected chi connectivity index (χ4v) is 2.08. The molecule has 1 heterocycles. The van der Waals surface area contributed by atoms with Crippen LogP contribution < -0.4 is 10.1 Å². The summed E-state index contributed by atoms with van der Waals surface area (Å²) in [7, 11) is 1.62. The maximum absolute atomic E-state index is 6.22. The first-order valence-corrected chi connectivity index (χ1v) is 6.30. The van der Waals surface area contributed by atoms with Gasteiger partial charge in [-0.25, -0.2) is 0 Å².